The van der Waals surface area contributed by atoms with Crippen molar-refractivity contribution in [3.05, 3.63) is 22.7 Å². The van der Waals surface area contributed by atoms with E-state index in [1.54, 1.807) is 30.1 Å². The molecule has 4 nitrogen and oxygen atoms in total. The van der Waals surface area contributed by atoms with Crippen LogP contribution < -0.4 is 4.90 Å². The lowest BCUT2D eigenvalue weighted by Gasteiger charge is -2.20. The number of anilines is 1. The van der Waals surface area contributed by atoms with E-state index < -0.39 is 10.0 Å². The van der Waals surface area contributed by atoms with Crippen molar-refractivity contribution in [2.45, 2.75) is 4.90 Å². The van der Waals surface area contributed by atoms with Crippen molar-refractivity contribution in [2.24, 2.45) is 4.40 Å². The third kappa shape index (κ3) is 1.44. The highest BCUT2D eigenvalue weighted by atomic mass is 79.9. The maximum absolute atomic E-state index is 11.5. The van der Waals surface area contributed by atoms with Gasteiger partial charge >= 0.3 is 0 Å². The van der Waals surface area contributed by atoms with Crippen molar-refractivity contribution in [3.63, 3.8) is 0 Å². The zero-order chi connectivity index (χ0) is 10.3. The predicted octanol–water partition coefficient (Wildman–Crippen LogP) is 1.62. The minimum Gasteiger partial charge on any atom is -0.334 e. The van der Waals surface area contributed by atoms with Crippen molar-refractivity contribution >= 4 is 38.0 Å². The lowest BCUT2D eigenvalue weighted by atomic mass is 10.3. The van der Waals surface area contributed by atoms with E-state index in [-0.39, 0.29) is 4.90 Å². The maximum atomic E-state index is 11.5. The molecule has 1 aliphatic rings. The molecule has 0 N–H and O–H groups in total. The molecule has 1 aromatic carbocycles. The Hall–Kier alpha value is -0.880. The summed E-state index contributed by atoms with van der Waals surface area (Å²) < 4.78 is 27.3. The second-order valence-corrected chi connectivity index (χ2v) is 5.44. The molecule has 0 radical (unpaired) electrons. The predicted molar refractivity (Wildman–Crippen MR) is 58.2 cm³/mol. The Bertz CT molecular complexity index is 510. The molecule has 0 bridgehead atoms. The van der Waals surface area contributed by atoms with Crippen molar-refractivity contribution in [1.82, 2.24) is 0 Å². The molecule has 0 saturated carbocycles. The molecule has 0 fully saturated rings. The lowest BCUT2D eigenvalue weighted by molar-refractivity contribution is 0.597. The second kappa shape index (κ2) is 3.06. The highest BCUT2D eigenvalue weighted by Crippen LogP contribution is 2.31. The Morgan fingerprint density at radius 2 is 2.14 bits per heavy atom. The number of hydrogen-bond acceptors (Lipinski definition) is 3. The zero-order valence-electron chi connectivity index (χ0n) is 7.31. The van der Waals surface area contributed by atoms with E-state index in [4.69, 9.17) is 0 Å². The van der Waals surface area contributed by atoms with E-state index in [0.29, 0.717) is 5.69 Å². The normalized spacial score (nSPS) is 18.0. The van der Waals surface area contributed by atoms with Gasteiger partial charge in [-0.2, -0.15) is 8.42 Å². The Morgan fingerprint density at radius 3 is 2.86 bits per heavy atom. The molecule has 0 aliphatic carbocycles. The number of halogens is 1. The van der Waals surface area contributed by atoms with Gasteiger partial charge in [0.2, 0.25) is 0 Å². The van der Waals surface area contributed by atoms with Crippen molar-refractivity contribution in [2.75, 3.05) is 11.9 Å². The van der Waals surface area contributed by atoms with Crippen LogP contribution in [0.25, 0.3) is 0 Å². The first-order chi connectivity index (χ1) is 6.50. The number of fused-ring (bicyclic) bond motifs is 1. The molecule has 2 rings (SSSR count). The zero-order valence-corrected chi connectivity index (χ0v) is 9.71. The first kappa shape index (κ1) is 9.67. The van der Waals surface area contributed by atoms with Gasteiger partial charge < -0.3 is 4.90 Å². The van der Waals surface area contributed by atoms with E-state index >= 15 is 0 Å². The molecule has 1 heterocycles. The third-order valence-corrected chi connectivity index (χ3v) is 3.70. The van der Waals surface area contributed by atoms with Crippen molar-refractivity contribution in [1.29, 1.82) is 0 Å². The van der Waals surface area contributed by atoms with E-state index in [9.17, 15) is 8.42 Å². The molecule has 14 heavy (non-hydrogen) atoms. The monoisotopic (exact) mass is 274 g/mol. The fraction of sp³-hybridized carbons (Fsp3) is 0.125. The van der Waals surface area contributed by atoms with Crippen molar-refractivity contribution in [3.8, 4) is 0 Å². The molecular weight excluding hydrogens is 268 g/mol. The fourth-order valence-corrected chi connectivity index (χ4v) is 2.67. The molecular formula is C8H7BrN2O2S. The van der Waals surface area contributed by atoms with Crippen LogP contribution in [0.1, 0.15) is 0 Å². The van der Waals surface area contributed by atoms with E-state index in [1.807, 2.05) is 0 Å². The molecule has 0 amide bonds. The molecule has 0 atom stereocenters. The number of sulfonamides is 1. The molecule has 1 aliphatic heterocycles. The van der Waals surface area contributed by atoms with Crippen LogP contribution >= 0.6 is 15.9 Å². The molecule has 0 unspecified atom stereocenters. The van der Waals surface area contributed by atoms with Crippen LogP contribution in [0, 0.1) is 0 Å². The summed E-state index contributed by atoms with van der Waals surface area (Å²) in [5.41, 5.74) is 0.634. The van der Waals surface area contributed by atoms with Crippen molar-refractivity contribution < 1.29 is 8.42 Å². The SMILES string of the molecule is CN1C=NS(=O)(=O)c2ccc(Br)cc21. The summed E-state index contributed by atoms with van der Waals surface area (Å²) in [6, 6.07) is 4.98. The molecule has 0 saturated heterocycles. The van der Waals surface area contributed by atoms with E-state index in [0.717, 1.165) is 4.47 Å². The summed E-state index contributed by atoms with van der Waals surface area (Å²) in [6.07, 6.45) is 1.30. The summed E-state index contributed by atoms with van der Waals surface area (Å²) >= 11 is 3.29. The minimum absolute atomic E-state index is 0.241. The Kier molecular flexibility index (Phi) is 2.11. The van der Waals surface area contributed by atoms with Crippen LogP contribution in [-0.4, -0.2) is 21.8 Å². The first-order valence-electron chi connectivity index (χ1n) is 3.83. The average Bonchev–Trinajstić information content (AvgIpc) is 2.12. The van der Waals surface area contributed by atoms with E-state index in [2.05, 4.69) is 20.3 Å². The second-order valence-electron chi connectivity index (χ2n) is 2.92. The van der Waals surface area contributed by atoms with Gasteiger partial charge in [0.1, 0.15) is 11.2 Å². The Morgan fingerprint density at radius 1 is 1.43 bits per heavy atom. The highest BCUT2D eigenvalue weighted by molar-refractivity contribution is 9.10. The molecule has 1 aromatic rings. The third-order valence-electron chi connectivity index (χ3n) is 1.94. The van der Waals surface area contributed by atoms with Crippen LogP contribution in [0.3, 0.4) is 0 Å². The molecule has 6 heteroatoms. The molecule has 0 aromatic heterocycles. The Labute approximate surface area is 90.4 Å². The van der Waals surface area contributed by atoms with Gasteiger partial charge in [-0.25, -0.2) is 0 Å². The van der Waals surface area contributed by atoms with Crippen LogP contribution in [0.2, 0.25) is 0 Å². The number of rotatable bonds is 0. The van der Waals surface area contributed by atoms with Gasteiger partial charge in [0.15, 0.2) is 0 Å². The summed E-state index contributed by atoms with van der Waals surface area (Å²) in [4.78, 5) is 1.91. The average molecular weight is 275 g/mol. The van der Waals surface area contributed by atoms with Gasteiger partial charge in [-0.15, -0.1) is 4.40 Å². The summed E-state index contributed by atoms with van der Waals surface area (Å²) in [7, 11) is -1.73. The van der Waals surface area contributed by atoms with Gasteiger partial charge in [-0.3, -0.25) is 0 Å². The summed E-state index contributed by atoms with van der Waals surface area (Å²) in [5, 5.41) is 0. The van der Waals surface area contributed by atoms with Crippen LogP contribution in [-0.2, 0) is 10.0 Å². The smallest absolute Gasteiger partial charge is 0.285 e. The fourth-order valence-electron chi connectivity index (χ4n) is 1.24. The number of hydrogen-bond donors (Lipinski definition) is 0. The first-order valence-corrected chi connectivity index (χ1v) is 6.07. The standard InChI is InChI=1S/C8H7BrN2O2S/c1-11-5-10-14(12,13)8-3-2-6(9)4-7(8)11/h2-5H,1H3. The molecule has 74 valence electrons. The summed E-state index contributed by atoms with van der Waals surface area (Å²) in [6.45, 7) is 0. The van der Waals surface area contributed by atoms with Gasteiger partial charge in [0.25, 0.3) is 10.0 Å². The van der Waals surface area contributed by atoms with Gasteiger partial charge in [0, 0.05) is 11.5 Å². The van der Waals surface area contributed by atoms with Crippen LogP contribution in [0.5, 0.6) is 0 Å². The topological polar surface area (TPSA) is 49.7 Å². The van der Waals surface area contributed by atoms with Crippen LogP contribution in [0.4, 0.5) is 5.69 Å². The largest absolute Gasteiger partial charge is 0.334 e. The maximum Gasteiger partial charge on any atom is 0.285 e. The minimum atomic E-state index is -3.48. The quantitative estimate of drug-likeness (QED) is 0.722. The van der Waals surface area contributed by atoms with Gasteiger partial charge in [-0.1, -0.05) is 15.9 Å². The molecule has 0 spiro atoms. The number of benzene rings is 1. The lowest BCUT2D eigenvalue weighted by Crippen LogP contribution is -2.22. The van der Waals surface area contributed by atoms with Crippen LogP contribution in [0.15, 0.2) is 32.0 Å². The van der Waals surface area contributed by atoms with Gasteiger partial charge in [-0.05, 0) is 18.2 Å². The highest BCUT2D eigenvalue weighted by Gasteiger charge is 2.23. The van der Waals surface area contributed by atoms with Gasteiger partial charge in [0.05, 0.1) is 5.69 Å². The van der Waals surface area contributed by atoms with E-state index in [1.165, 1.54) is 6.34 Å². The number of nitrogens with zero attached hydrogens (tertiary/aromatic N) is 2. The Balaban J connectivity index is 2.75. The summed E-state index contributed by atoms with van der Waals surface area (Å²) in [5.74, 6) is 0.